The maximum atomic E-state index is 4.83. The maximum absolute atomic E-state index is 4.83. The SMILES string of the molecule is CCc1cc(CNCC(C)C)cc(N2CCCC2C)n1. The molecule has 0 aromatic carbocycles. The molecule has 20 heavy (non-hydrogen) atoms. The first-order valence-electron chi connectivity index (χ1n) is 8.07. The summed E-state index contributed by atoms with van der Waals surface area (Å²) in [7, 11) is 0. The van der Waals surface area contributed by atoms with E-state index in [0.29, 0.717) is 12.0 Å². The number of nitrogens with zero attached hydrogens (tertiary/aromatic N) is 2. The standard InChI is InChI=1S/C17H29N3/c1-5-16-9-15(12-18-11-13(2)3)10-17(19-16)20-8-6-7-14(20)4/h9-10,13-14,18H,5-8,11-12H2,1-4H3. The number of rotatable bonds is 6. The molecule has 2 heterocycles. The highest BCUT2D eigenvalue weighted by Gasteiger charge is 2.22. The van der Waals surface area contributed by atoms with Crippen LogP contribution < -0.4 is 10.2 Å². The van der Waals surface area contributed by atoms with Crippen molar-refractivity contribution in [2.45, 2.75) is 59.5 Å². The second kappa shape index (κ2) is 7.07. The summed E-state index contributed by atoms with van der Waals surface area (Å²) in [6.07, 6.45) is 3.59. The molecule has 1 aliphatic rings. The van der Waals surface area contributed by atoms with Crippen LogP contribution in [0.4, 0.5) is 5.82 Å². The van der Waals surface area contributed by atoms with Crippen molar-refractivity contribution in [3.05, 3.63) is 23.4 Å². The van der Waals surface area contributed by atoms with E-state index < -0.39 is 0 Å². The van der Waals surface area contributed by atoms with Crippen LogP contribution in [0.1, 0.15) is 51.8 Å². The van der Waals surface area contributed by atoms with Crippen molar-refractivity contribution >= 4 is 5.82 Å². The van der Waals surface area contributed by atoms with Gasteiger partial charge in [0.15, 0.2) is 0 Å². The van der Waals surface area contributed by atoms with E-state index in [9.17, 15) is 0 Å². The molecule has 3 heteroatoms. The fourth-order valence-electron chi connectivity index (χ4n) is 2.84. The van der Waals surface area contributed by atoms with E-state index >= 15 is 0 Å². The second-order valence-electron chi connectivity index (χ2n) is 6.39. The van der Waals surface area contributed by atoms with Crippen LogP contribution in [0.5, 0.6) is 0 Å². The van der Waals surface area contributed by atoms with Gasteiger partial charge in [-0.3, -0.25) is 0 Å². The first-order valence-corrected chi connectivity index (χ1v) is 8.07. The van der Waals surface area contributed by atoms with Crippen LogP contribution in [0, 0.1) is 5.92 Å². The van der Waals surface area contributed by atoms with Crippen LogP contribution in [0.15, 0.2) is 12.1 Å². The lowest BCUT2D eigenvalue weighted by atomic mass is 10.1. The maximum Gasteiger partial charge on any atom is 0.129 e. The molecule has 1 N–H and O–H groups in total. The minimum atomic E-state index is 0.631. The zero-order valence-corrected chi connectivity index (χ0v) is 13.4. The number of aryl methyl sites for hydroxylation is 1. The fraction of sp³-hybridized carbons (Fsp3) is 0.706. The molecule has 1 aromatic heterocycles. The first kappa shape index (κ1) is 15.3. The molecule has 1 aliphatic heterocycles. The van der Waals surface area contributed by atoms with Gasteiger partial charge in [-0.25, -0.2) is 4.98 Å². The quantitative estimate of drug-likeness (QED) is 0.862. The summed E-state index contributed by atoms with van der Waals surface area (Å²) >= 11 is 0. The zero-order valence-electron chi connectivity index (χ0n) is 13.4. The number of nitrogens with one attached hydrogen (secondary N) is 1. The third-order valence-electron chi connectivity index (χ3n) is 4.02. The molecule has 112 valence electrons. The highest BCUT2D eigenvalue weighted by Crippen LogP contribution is 2.25. The van der Waals surface area contributed by atoms with Gasteiger partial charge in [0.1, 0.15) is 5.82 Å². The Labute approximate surface area is 123 Å². The molecule has 0 saturated carbocycles. The Kier molecular flexibility index (Phi) is 5.41. The number of hydrogen-bond acceptors (Lipinski definition) is 3. The van der Waals surface area contributed by atoms with Crippen molar-refractivity contribution in [3.8, 4) is 0 Å². The van der Waals surface area contributed by atoms with Crippen molar-refractivity contribution in [1.82, 2.24) is 10.3 Å². The average molecular weight is 275 g/mol. The van der Waals surface area contributed by atoms with Crippen molar-refractivity contribution < 1.29 is 0 Å². The van der Waals surface area contributed by atoms with E-state index in [1.54, 1.807) is 0 Å². The number of hydrogen-bond donors (Lipinski definition) is 1. The Morgan fingerprint density at radius 3 is 2.80 bits per heavy atom. The van der Waals surface area contributed by atoms with Gasteiger partial charge in [-0.15, -0.1) is 0 Å². The van der Waals surface area contributed by atoms with E-state index in [1.807, 2.05) is 0 Å². The second-order valence-corrected chi connectivity index (χ2v) is 6.39. The van der Waals surface area contributed by atoms with Gasteiger partial charge in [-0.2, -0.15) is 0 Å². The third-order valence-corrected chi connectivity index (χ3v) is 4.02. The molecule has 1 unspecified atom stereocenters. The van der Waals surface area contributed by atoms with E-state index in [0.717, 1.165) is 26.1 Å². The molecule has 1 aromatic rings. The highest BCUT2D eigenvalue weighted by atomic mass is 15.2. The molecule has 1 atom stereocenters. The van der Waals surface area contributed by atoms with Crippen LogP contribution in [0.2, 0.25) is 0 Å². The number of pyridine rings is 1. The summed E-state index contributed by atoms with van der Waals surface area (Å²) < 4.78 is 0. The predicted molar refractivity (Wildman–Crippen MR) is 86.2 cm³/mol. The molecule has 0 amide bonds. The van der Waals surface area contributed by atoms with Crippen LogP contribution >= 0.6 is 0 Å². The summed E-state index contributed by atoms with van der Waals surface area (Å²) in [5.41, 5.74) is 2.58. The molecule has 0 bridgehead atoms. The topological polar surface area (TPSA) is 28.2 Å². The van der Waals surface area contributed by atoms with Crippen LogP contribution in [-0.2, 0) is 13.0 Å². The Morgan fingerprint density at radius 1 is 1.40 bits per heavy atom. The monoisotopic (exact) mass is 275 g/mol. The average Bonchev–Trinajstić information content (AvgIpc) is 2.84. The molecule has 2 rings (SSSR count). The summed E-state index contributed by atoms with van der Waals surface area (Å²) in [4.78, 5) is 7.29. The van der Waals surface area contributed by atoms with Crippen LogP contribution in [-0.4, -0.2) is 24.1 Å². The van der Waals surface area contributed by atoms with Crippen molar-refractivity contribution in [3.63, 3.8) is 0 Å². The molecule has 3 nitrogen and oxygen atoms in total. The van der Waals surface area contributed by atoms with Crippen LogP contribution in [0.3, 0.4) is 0 Å². The van der Waals surface area contributed by atoms with Gasteiger partial charge < -0.3 is 10.2 Å². The zero-order chi connectivity index (χ0) is 14.5. The molecule has 0 radical (unpaired) electrons. The van der Waals surface area contributed by atoms with Gasteiger partial charge in [-0.1, -0.05) is 20.8 Å². The fourth-order valence-corrected chi connectivity index (χ4v) is 2.84. The van der Waals surface area contributed by atoms with Gasteiger partial charge in [0, 0.05) is 24.8 Å². The van der Waals surface area contributed by atoms with Gasteiger partial charge >= 0.3 is 0 Å². The minimum Gasteiger partial charge on any atom is -0.354 e. The van der Waals surface area contributed by atoms with Gasteiger partial charge in [0.2, 0.25) is 0 Å². The predicted octanol–water partition coefficient (Wildman–Crippen LogP) is 3.38. The van der Waals surface area contributed by atoms with Gasteiger partial charge in [-0.05, 0) is 56.3 Å². The molecule has 0 aliphatic carbocycles. The Morgan fingerprint density at radius 2 is 2.20 bits per heavy atom. The van der Waals surface area contributed by atoms with Gasteiger partial charge in [0.05, 0.1) is 0 Å². The minimum absolute atomic E-state index is 0.631. The Bertz CT molecular complexity index is 428. The first-order chi connectivity index (χ1) is 9.60. The Balaban J connectivity index is 2.11. The van der Waals surface area contributed by atoms with Crippen molar-refractivity contribution in [2.24, 2.45) is 5.92 Å². The molecule has 1 fully saturated rings. The lowest BCUT2D eigenvalue weighted by Crippen LogP contribution is -2.28. The Hall–Kier alpha value is -1.09. The lowest BCUT2D eigenvalue weighted by Gasteiger charge is -2.24. The number of anilines is 1. The lowest BCUT2D eigenvalue weighted by molar-refractivity contribution is 0.552. The molecule has 0 spiro atoms. The largest absolute Gasteiger partial charge is 0.354 e. The summed E-state index contributed by atoms with van der Waals surface area (Å²) in [6.45, 7) is 12.2. The van der Waals surface area contributed by atoms with Gasteiger partial charge in [0.25, 0.3) is 0 Å². The normalized spacial score (nSPS) is 19.1. The smallest absolute Gasteiger partial charge is 0.129 e. The van der Waals surface area contributed by atoms with Crippen molar-refractivity contribution in [1.29, 1.82) is 0 Å². The van der Waals surface area contributed by atoms with E-state index in [4.69, 9.17) is 4.98 Å². The van der Waals surface area contributed by atoms with E-state index in [1.165, 1.54) is 29.9 Å². The highest BCUT2D eigenvalue weighted by molar-refractivity contribution is 5.44. The van der Waals surface area contributed by atoms with E-state index in [-0.39, 0.29) is 0 Å². The summed E-state index contributed by atoms with van der Waals surface area (Å²) in [6, 6.07) is 5.15. The summed E-state index contributed by atoms with van der Waals surface area (Å²) in [5.74, 6) is 1.87. The van der Waals surface area contributed by atoms with E-state index in [2.05, 4.69) is 50.0 Å². The third kappa shape index (κ3) is 3.95. The molecular weight excluding hydrogens is 246 g/mol. The molecular formula is C17H29N3. The number of aromatic nitrogens is 1. The van der Waals surface area contributed by atoms with Crippen molar-refractivity contribution in [2.75, 3.05) is 18.0 Å². The molecule has 1 saturated heterocycles. The summed E-state index contributed by atoms with van der Waals surface area (Å²) in [5, 5.41) is 3.54. The van der Waals surface area contributed by atoms with Crippen LogP contribution in [0.25, 0.3) is 0 Å².